The minimum Gasteiger partial charge on any atom is -0.508 e. The van der Waals surface area contributed by atoms with Crippen molar-refractivity contribution in [2.45, 2.75) is 43.5 Å². The number of phenols is 1. The Morgan fingerprint density at radius 1 is 1.19 bits per heavy atom. The Labute approximate surface area is 154 Å². The molecule has 1 unspecified atom stereocenters. The number of amides is 1. The Kier molecular flexibility index (Phi) is 7.39. The standard InChI is InChI=1S/C17H27N3O5S/c1-2-3-4-5-10-19-11-12-20(16(13-19)17(22)18-23)26(24,25)15-8-6-14(21)7-9-15/h6-9,16,21,23H,2-5,10-13H2,1H3,(H,18,22). The molecule has 1 aromatic carbocycles. The van der Waals surface area contributed by atoms with Crippen LogP contribution >= 0.6 is 0 Å². The van der Waals surface area contributed by atoms with Crippen molar-refractivity contribution in [3.8, 4) is 5.75 Å². The van der Waals surface area contributed by atoms with Gasteiger partial charge in [0, 0.05) is 19.6 Å². The van der Waals surface area contributed by atoms with Gasteiger partial charge in [-0.1, -0.05) is 26.2 Å². The summed E-state index contributed by atoms with van der Waals surface area (Å²) < 4.78 is 26.9. The van der Waals surface area contributed by atoms with Crippen LogP contribution in [0.2, 0.25) is 0 Å². The van der Waals surface area contributed by atoms with Crippen LogP contribution in [0.1, 0.15) is 32.6 Å². The maximum absolute atomic E-state index is 12.9. The summed E-state index contributed by atoms with van der Waals surface area (Å²) in [5, 5.41) is 18.4. The van der Waals surface area contributed by atoms with Crippen LogP contribution < -0.4 is 5.48 Å². The summed E-state index contributed by atoms with van der Waals surface area (Å²) in [5.74, 6) is -0.781. The molecule has 26 heavy (non-hydrogen) atoms. The first-order chi connectivity index (χ1) is 12.4. The highest BCUT2D eigenvalue weighted by molar-refractivity contribution is 7.89. The number of benzene rings is 1. The minimum absolute atomic E-state index is 0.00226. The lowest BCUT2D eigenvalue weighted by Gasteiger charge is -2.39. The molecule has 1 heterocycles. The molecule has 1 amide bonds. The van der Waals surface area contributed by atoms with Gasteiger partial charge in [-0.05, 0) is 37.2 Å². The zero-order valence-electron chi connectivity index (χ0n) is 15.0. The second kappa shape index (κ2) is 9.31. The monoisotopic (exact) mass is 385 g/mol. The lowest BCUT2D eigenvalue weighted by molar-refractivity contribution is -0.135. The molecule has 146 valence electrons. The molecule has 1 fully saturated rings. The van der Waals surface area contributed by atoms with E-state index in [0.29, 0.717) is 6.54 Å². The van der Waals surface area contributed by atoms with Gasteiger partial charge < -0.3 is 5.11 Å². The third kappa shape index (κ3) is 4.94. The molecule has 3 N–H and O–H groups in total. The Morgan fingerprint density at radius 3 is 2.50 bits per heavy atom. The van der Waals surface area contributed by atoms with Gasteiger partial charge in [0.25, 0.3) is 5.91 Å². The highest BCUT2D eigenvalue weighted by Gasteiger charge is 2.39. The van der Waals surface area contributed by atoms with Gasteiger partial charge in [-0.15, -0.1) is 0 Å². The fraction of sp³-hybridized carbons (Fsp3) is 0.588. The van der Waals surface area contributed by atoms with Crippen LogP contribution in [-0.4, -0.2) is 66.1 Å². The second-order valence-electron chi connectivity index (χ2n) is 6.46. The molecular formula is C17H27N3O5S. The predicted molar refractivity (Wildman–Crippen MR) is 96.3 cm³/mol. The summed E-state index contributed by atoms with van der Waals surface area (Å²) in [5.41, 5.74) is 1.58. The van der Waals surface area contributed by atoms with Crippen molar-refractivity contribution in [3.63, 3.8) is 0 Å². The average Bonchev–Trinajstić information content (AvgIpc) is 2.64. The van der Waals surface area contributed by atoms with Gasteiger partial charge in [0.05, 0.1) is 4.90 Å². The summed E-state index contributed by atoms with van der Waals surface area (Å²) in [6.45, 7) is 3.85. The van der Waals surface area contributed by atoms with E-state index in [1.54, 1.807) is 5.48 Å². The third-order valence-electron chi connectivity index (χ3n) is 4.60. The smallest absolute Gasteiger partial charge is 0.263 e. The van der Waals surface area contributed by atoms with Crippen molar-refractivity contribution < 1.29 is 23.5 Å². The largest absolute Gasteiger partial charge is 0.508 e. The number of rotatable bonds is 8. The molecule has 1 aliphatic heterocycles. The van der Waals surface area contributed by atoms with Crippen molar-refractivity contribution in [1.82, 2.24) is 14.7 Å². The summed E-state index contributed by atoms with van der Waals surface area (Å²) in [7, 11) is -3.91. The molecule has 0 spiro atoms. The van der Waals surface area contributed by atoms with E-state index in [0.717, 1.165) is 36.5 Å². The average molecular weight is 385 g/mol. The zero-order valence-corrected chi connectivity index (χ0v) is 15.8. The van der Waals surface area contributed by atoms with E-state index in [-0.39, 0.29) is 23.7 Å². The maximum Gasteiger partial charge on any atom is 0.263 e. The van der Waals surface area contributed by atoms with Gasteiger partial charge in [-0.25, -0.2) is 13.9 Å². The zero-order chi connectivity index (χ0) is 19.2. The SMILES string of the molecule is CCCCCCN1CCN(S(=O)(=O)c2ccc(O)cc2)C(C(=O)NO)C1. The highest BCUT2D eigenvalue weighted by Crippen LogP contribution is 2.23. The van der Waals surface area contributed by atoms with Crippen LogP contribution in [0.3, 0.4) is 0 Å². The summed E-state index contributed by atoms with van der Waals surface area (Å²) >= 11 is 0. The molecule has 9 heteroatoms. The molecule has 1 saturated heterocycles. The second-order valence-corrected chi connectivity index (χ2v) is 8.35. The minimum atomic E-state index is -3.91. The lowest BCUT2D eigenvalue weighted by Crippen LogP contribution is -2.60. The number of nitrogens with one attached hydrogen (secondary N) is 1. The Hall–Kier alpha value is -1.68. The molecule has 2 rings (SSSR count). The van der Waals surface area contributed by atoms with Crippen LogP contribution in [0.15, 0.2) is 29.2 Å². The fourth-order valence-electron chi connectivity index (χ4n) is 3.12. The molecule has 0 aromatic heterocycles. The summed E-state index contributed by atoms with van der Waals surface area (Å²) in [4.78, 5) is 14.2. The van der Waals surface area contributed by atoms with Crippen molar-refractivity contribution in [1.29, 1.82) is 0 Å². The molecule has 1 aliphatic rings. The molecule has 8 nitrogen and oxygen atoms in total. The van der Waals surface area contributed by atoms with Gasteiger partial charge >= 0.3 is 0 Å². The van der Waals surface area contributed by atoms with Crippen molar-refractivity contribution in [3.05, 3.63) is 24.3 Å². The van der Waals surface area contributed by atoms with Gasteiger partial charge in [0.2, 0.25) is 10.0 Å². The maximum atomic E-state index is 12.9. The number of hydrogen-bond acceptors (Lipinski definition) is 6. The summed E-state index contributed by atoms with van der Waals surface area (Å²) in [6.07, 6.45) is 4.37. The van der Waals surface area contributed by atoms with E-state index in [2.05, 4.69) is 11.8 Å². The molecule has 0 saturated carbocycles. The van der Waals surface area contributed by atoms with Crippen LogP contribution in [0.25, 0.3) is 0 Å². The number of phenolic OH excluding ortho intramolecular Hbond substituents is 1. The van der Waals surface area contributed by atoms with Gasteiger partial charge in [0.15, 0.2) is 0 Å². The van der Waals surface area contributed by atoms with Gasteiger partial charge in [-0.3, -0.25) is 14.9 Å². The number of nitrogens with zero attached hydrogens (tertiary/aromatic N) is 2. The number of piperazine rings is 1. The molecule has 1 aromatic rings. The molecule has 0 aliphatic carbocycles. The van der Waals surface area contributed by atoms with Gasteiger partial charge in [-0.2, -0.15) is 4.31 Å². The number of aromatic hydroxyl groups is 1. The van der Waals surface area contributed by atoms with E-state index < -0.39 is 22.0 Å². The Balaban J connectivity index is 2.14. The normalized spacial score (nSPS) is 19.4. The quantitative estimate of drug-likeness (QED) is 0.352. The molecule has 0 bridgehead atoms. The first kappa shape index (κ1) is 20.6. The van der Waals surface area contributed by atoms with Crippen LogP contribution in [0.4, 0.5) is 0 Å². The first-order valence-electron chi connectivity index (χ1n) is 8.87. The van der Waals surface area contributed by atoms with Crippen LogP contribution in [0.5, 0.6) is 5.75 Å². The molecule has 1 atom stereocenters. The van der Waals surface area contributed by atoms with Crippen molar-refractivity contribution in [2.75, 3.05) is 26.2 Å². The predicted octanol–water partition coefficient (Wildman–Crippen LogP) is 1.15. The summed E-state index contributed by atoms with van der Waals surface area (Å²) in [6, 6.07) is 4.18. The van der Waals surface area contributed by atoms with Crippen molar-refractivity contribution in [2.24, 2.45) is 0 Å². The number of carbonyl (C=O) groups is 1. The number of sulfonamides is 1. The van der Waals surface area contributed by atoms with E-state index >= 15 is 0 Å². The lowest BCUT2D eigenvalue weighted by atomic mass is 10.1. The topological polar surface area (TPSA) is 110 Å². The number of unbranched alkanes of at least 4 members (excludes halogenated alkanes) is 3. The number of carbonyl (C=O) groups excluding carboxylic acids is 1. The van der Waals surface area contributed by atoms with Crippen molar-refractivity contribution >= 4 is 15.9 Å². The fourth-order valence-corrected chi connectivity index (χ4v) is 4.69. The molecule has 0 radical (unpaired) electrons. The number of hydrogen-bond donors (Lipinski definition) is 3. The molecular weight excluding hydrogens is 358 g/mol. The Bertz CT molecular complexity index is 693. The highest BCUT2D eigenvalue weighted by atomic mass is 32.2. The van der Waals surface area contributed by atoms with Gasteiger partial charge in [0.1, 0.15) is 11.8 Å². The first-order valence-corrected chi connectivity index (χ1v) is 10.3. The number of hydroxylamine groups is 1. The van der Waals surface area contributed by atoms with Crippen LogP contribution in [0, 0.1) is 0 Å². The van der Waals surface area contributed by atoms with E-state index in [9.17, 15) is 18.3 Å². The van der Waals surface area contributed by atoms with Crippen LogP contribution in [-0.2, 0) is 14.8 Å². The Morgan fingerprint density at radius 2 is 1.88 bits per heavy atom. The van der Waals surface area contributed by atoms with E-state index in [1.165, 1.54) is 24.3 Å². The third-order valence-corrected chi connectivity index (χ3v) is 6.52. The van der Waals surface area contributed by atoms with E-state index in [4.69, 9.17) is 5.21 Å². The van der Waals surface area contributed by atoms with E-state index in [1.807, 2.05) is 0 Å².